The van der Waals surface area contributed by atoms with Crippen molar-refractivity contribution in [3.8, 4) is 0 Å². The highest BCUT2D eigenvalue weighted by Crippen LogP contribution is 2.32. The number of carbonyl (C=O) groups excluding carboxylic acids is 4. The Morgan fingerprint density at radius 3 is 2.59 bits per heavy atom. The van der Waals surface area contributed by atoms with Crippen LogP contribution in [0.25, 0.3) is 0 Å². The summed E-state index contributed by atoms with van der Waals surface area (Å²) >= 11 is 1.36. The Bertz CT molecular complexity index is 1060. The SMILES string of the molecule is CCc1ccccc1NC(=O)C[N+]1=C2C=CSC2C(=O)N(CC2CCC(C(=O)NC)CC2)C1=O. The molecule has 1 aliphatic carbocycles. The van der Waals surface area contributed by atoms with Gasteiger partial charge in [-0.05, 0) is 61.1 Å². The van der Waals surface area contributed by atoms with Gasteiger partial charge in [0.2, 0.25) is 5.91 Å². The molecule has 2 N–H and O–H groups in total. The lowest BCUT2D eigenvalue weighted by Crippen LogP contribution is -2.57. The predicted octanol–water partition coefficient (Wildman–Crippen LogP) is 2.78. The number of benzene rings is 1. The van der Waals surface area contributed by atoms with Crippen LogP contribution in [0.3, 0.4) is 0 Å². The van der Waals surface area contributed by atoms with Crippen LogP contribution in [-0.4, -0.2) is 64.3 Å². The Balaban J connectivity index is 1.47. The van der Waals surface area contributed by atoms with E-state index in [9.17, 15) is 19.2 Å². The fourth-order valence-electron chi connectivity index (χ4n) is 4.93. The molecule has 5 amide bonds. The van der Waals surface area contributed by atoms with E-state index in [4.69, 9.17) is 0 Å². The summed E-state index contributed by atoms with van der Waals surface area (Å²) in [6.45, 7) is 2.19. The lowest BCUT2D eigenvalue weighted by Gasteiger charge is -2.30. The number of aryl methyl sites for hydroxylation is 1. The minimum Gasteiger partial charge on any atom is -0.359 e. The van der Waals surface area contributed by atoms with E-state index in [1.165, 1.54) is 21.2 Å². The maximum atomic E-state index is 13.4. The van der Waals surface area contributed by atoms with Crippen LogP contribution in [0.2, 0.25) is 0 Å². The van der Waals surface area contributed by atoms with E-state index in [-0.39, 0.29) is 36.1 Å². The molecule has 2 heterocycles. The Labute approximate surface area is 203 Å². The van der Waals surface area contributed by atoms with E-state index in [0.29, 0.717) is 12.3 Å². The summed E-state index contributed by atoms with van der Waals surface area (Å²) in [6.07, 6.45) is 5.61. The summed E-state index contributed by atoms with van der Waals surface area (Å²) in [7, 11) is 1.65. The topological polar surface area (TPSA) is 98.6 Å². The van der Waals surface area contributed by atoms with Crippen LogP contribution in [-0.2, 0) is 20.8 Å². The zero-order valence-electron chi connectivity index (χ0n) is 19.6. The van der Waals surface area contributed by atoms with E-state index in [1.54, 1.807) is 18.5 Å². The molecule has 1 fully saturated rings. The second-order valence-corrected chi connectivity index (χ2v) is 9.97. The van der Waals surface area contributed by atoms with Gasteiger partial charge in [-0.2, -0.15) is 14.3 Å². The van der Waals surface area contributed by atoms with Gasteiger partial charge >= 0.3 is 11.9 Å². The fraction of sp³-hybridized carbons (Fsp3) is 0.480. The molecule has 1 aromatic carbocycles. The third kappa shape index (κ3) is 4.94. The van der Waals surface area contributed by atoms with Crippen molar-refractivity contribution in [3.63, 3.8) is 0 Å². The number of para-hydroxylation sites is 1. The average molecular weight is 484 g/mol. The van der Waals surface area contributed by atoms with Gasteiger partial charge < -0.3 is 10.6 Å². The van der Waals surface area contributed by atoms with Crippen LogP contribution in [0.1, 0.15) is 38.2 Å². The van der Waals surface area contributed by atoms with Gasteiger partial charge in [-0.1, -0.05) is 25.1 Å². The van der Waals surface area contributed by atoms with E-state index in [0.717, 1.165) is 43.4 Å². The van der Waals surface area contributed by atoms with E-state index < -0.39 is 11.3 Å². The van der Waals surface area contributed by atoms with E-state index in [2.05, 4.69) is 10.6 Å². The first kappa shape index (κ1) is 24.2. The highest BCUT2D eigenvalue weighted by atomic mass is 32.2. The van der Waals surface area contributed by atoms with Gasteiger partial charge in [-0.3, -0.25) is 9.59 Å². The number of carbonyl (C=O) groups is 4. The summed E-state index contributed by atoms with van der Waals surface area (Å²) in [5, 5.41) is 6.93. The van der Waals surface area contributed by atoms with Gasteiger partial charge in [0.05, 0.1) is 0 Å². The summed E-state index contributed by atoms with van der Waals surface area (Å²) < 4.78 is 1.43. The predicted molar refractivity (Wildman–Crippen MR) is 132 cm³/mol. The Morgan fingerprint density at radius 2 is 1.88 bits per heavy atom. The van der Waals surface area contributed by atoms with E-state index in [1.807, 2.05) is 31.2 Å². The smallest absolute Gasteiger partial charge is 0.359 e. The molecule has 1 unspecified atom stereocenters. The molecule has 2 aliphatic heterocycles. The normalized spacial score (nSPS) is 24.3. The summed E-state index contributed by atoms with van der Waals surface area (Å²) in [6, 6.07) is 7.15. The van der Waals surface area contributed by atoms with Crippen LogP contribution < -0.4 is 10.6 Å². The second kappa shape index (κ2) is 10.5. The van der Waals surface area contributed by atoms with Crippen LogP contribution in [0.4, 0.5) is 10.5 Å². The molecule has 9 heteroatoms. The molecular formula is C25H31N4O4S+. The summed E-state index contributed by atoms with van der Waals surface area (Å²) in [5.41, 5.74) is 2.32. The number of fused-ring (bicyclic) bond motifs is 1. The van der Waals surface area contributed by atoms with Crippen LogP contribution in [0.5, 0.6) is 0 Å². The molecule has 4 rings (SSSR count). The Morgan fingerprint density at radius 1 is 1.15 bits per heavy atom. The summed E-state index contributed by atoms with van der Waals surface area (Å²) in [5.74, 6) is -0.322. The molecule has 1 atom stereocenters. The minimum atomic E-state index is -0.504. The number of allylic oxidation sites excluding steroid dienone is 1. The molecule has 0 bridgehead atoms. The number of anilines is 1. The van der Waals surface area contributed by atoms with Gasteiger partial charge in [0.15, 0.2) is 11.8 Å². The van der Waals surface area contributed by atoms with Gasteiger partial charge in [0.25, 0.3) is 5.91 Å². The van der Waals surface area contributed by atoms with Crippen LogP contribution in [0, 0.1) is 11.8 Å². The standard InChI is InChI=1S/C25H30N4O4S/c1-3-17-6-4-5-7-19(17)27-21(30)15-28-20-12-13-34-22(20)24(32)29(25(28)33)14-16-8-10-18(11-9-16)23(31)26-2/h4-7,12-13,16,18,22H,3,8-11,14-15H2,1-2H3,(H-,26,27,30,31)/p+1. The van der Waals surface area contributed by atoms with Crippen molar-refractivity contribution >= 4 is 46.9 Å². The lowest BCUT2D eigenvalue weighted by atomic mass is 9.81. The maximum absolute atomic E-state index is 13.4. The molecule has 0 spiro atoms. The molecule has 34 heavy (non-hydrogen) atoms. The Hall–Kier alpha value is -2.94. The number of hydrogen-bond acceptors (Lipinski definition) is 5. The molecular weight excluding hydrogens is 452 g/mol. The zero-order valence-corrected chi connectivity index (χ0v) is 20.4. The molecule has 1 aromatic rings. The number of hydrogen-bond donors (Lipinski definition) is 2. The highest BCUT2D eigenvalue weighted by molar-refractivity contribution is 8.04. The van der Waals surface area contributed by atoms with Crippen molar-refractivity contribution in [1.29, 1.82) is 0 Å². The number of imide groups is 1. The largest absolute Gasteiger partial charge is 0.501 e. The molecule has 1 saturated carbocycles. The molecule has 0 saturated heterocycles. The highest BCUT2D eigenvalue weighted by Gasteiger charge is 2.50. The minimum absolute atomic E-state index is 0.00488. The second-order valence-electron chi connectivity index (χ2n) is 8.95. The van der Waals surface area contributed by atoms with Crippen molar-refractivity contribution in [2.45, 2.75) is 44.3 Å². The quantitative estimate of drug-likeness (QED) is 0.581. The molecule has 180 valence electrons. The number of thioether (sulfide) groups is 1. The van der Waals surface area contributed by atoms with Gasteiger partial charge in [-0.15, -0.1) is 11.8 Å². The third-order valence-corrected chi connectivity index (χ3v) is 7.87. The zero-order chi connectivity index (χ0) is 24.2. The van der Waals surface area contributed by atoms with E-state index >= 15 is 0 Å². The Kier molecular flexibility index (Phi) is 7.50. The van der Waals surface area contributed by atoms with Crippen molar-refractivity contribution in [3.05, 3.63) is 41.3 Å². The monoisotopic (exact) mass is 483 g/mol. The number of rotatable bonds is 7. The number of nitrogens with zero attached hydrogens (tertiary/aromatic N) is 2. The average Bonchev–Trinajstić information content (AvgIpc) is 3.35. The van der Waals surface area contributed by atoms with Crippen LogP contribution in [0.15, 0.2) is 35.7 Å². The van der Waals surface area contributed by atoms with Gasteiger partial charge in [-0.25, -0.2) is 4.79 Å². The van der Waals surface area contributed by atoms with Crippen molar-refractivity contribution in [1.82, 2.24) is 10.2 Å². The molecule has 0 radical (unpaired) electrons. The third-order valence-electron chi connectivity index (χ3n) is 6.86. The first-order valence-corrected chi connectivity index (χ1v) is 12.8. The summed E-state index contributed by atoms with van der Waals surface area (Å²) in [4.78, 5) is 52.7. The molecule has 0 aromatic heterocycles. The van der Waals surface area contributed by atoms with Crippen molar-refractivity contribution in [2.24, 2.45) is 11.8 Å². The first-order chi connectivity index (χ1) is 16.4. The maximum Gasteiger partial charge on any atom is 0.501 e. The van der Waals surface area contributed by atoms with Gasteiger partial charge in [0, 0.05) is 18.7 Å². The van der Waals surface area contributed by atoms with Crippen molar-refractivity contribution < 1.29 is 23.8 Å². The molecule has 3 aliphatic rings. The molecule has 8 nitrogen and oxygen atoms in total. The number of nitrogens with one attached hydrogen (secondary N) is 2. The van der Waals surface area contributed by atoms with Gasteiger partial charge in [0.1, 0.15) is 12.3 Å². The lowest BCUT2D eigenvalue weighted by molar-refractivity contribution is -0.426. The number of amides is 5. The first-order valence-electron chi connectivity index (χ1n) is 11.8. The van der Waals surface area contributed by atoms with Crippen molar-refractivity contribution in [2.75, 3.05) is 25.5 Å². The fourth-order valence-corrected chi connectivity index (χ4v) is 5.90. The van der Waals surface area contributed by atoms with Crippen LogP contribution >= 0.6 is 11.8 Å². The number of urea groups is 1.